The maximum atomic E-state index is 12.2. The predicted molar refractivity (Wildman–Crippen MR) is 89.2 cm³/mol. The molecule has 1 saturated heterocycles. The second-order valence-electron chi connectivity index (χ2n) is 5.65. The van der Waals surface area contributed by atoms with Crippen molar-refractivity contribution in [3.8, 4) is 0 Å². The quantitative estimate of drug-likeness (QED) is 0.661. The summed E-state index contributed by atoms with van der Waals surface area (Å²) in [5.74, 6) is -1.95. The average molecular weight is 353 g/mol. The molecule has 2 rings (SSSR count). The summed E-state index contributed by atoms with van der Waals surface area (Å²) in [6.45, 7) is 3.00. The van der Waals surface area contributed by atoms with Gasteiger partial charge in [0.25, 0.3) is 0 Å². The molecule has 2 amide bonds. The van der Waals surface area contributed by atoms with Crippen LogP contribution in [0.2, 0.25) is 5.02 Å². The van der Waals surface area contributed by atoms with Crippen LogP contribution in [-0.4, -0.2) is 42.4 Å². The van der Waals surface area contributed by atoms with Crippen LogP contribution in [0.3, 0.4) is 0 Å². The summed E-state index contributed by atoms with van der Waals surface area (Å²) in [5, 5.41) is 3.21. The first-order chi connectivity index (χ1) is 11.5. The molecule has 1 aromatic rings. The van der Waals surface area contributed by atoms with Gasteiger partial charge in [-0.2, -0.15) is 0 Å². The van der Waals surface area contributed by atoms with E-state index in [0.717, 1.165) is 5.56 Å². The number of hydrogen-bond acceptors (Lipinski definition) is 4. The number of piperidine rings is 1. The van der Waals surface area contributed by atoms with Gasteiger partial charge in [-0.25, -0.2) is 0 Å². The lowest BCUT2D eigenvalue weighted by atomic mass is 9.98. The highest BCUT2D eigenvalue weighted by Crippen LogP contribution is 2.18. The first-order valence-corrected chi connectivity index (χ1v) is 8.37. The first kappa shape index (κ1) is 18.3. The van der Waals surface area contributed by atoms with Crippen molar-refractivity contribution in [3.05, 3.63) is 34.9 Å². The van der Waals surface area contributed by atoms with Crippen molar-refractivity contribution in [2.75, 3.05) is 19.7 Å². The molecule has 0 aromatic heterocycles. The first-order valence-electron chi connectivity index (χ1n) is 7.99. The summed E-state index contributed by atoms with van der Waals surface area (Å²) in [5.41, 5.74) is 0.851. The van der Waals surface area contributed by atoms with Crippen molar-refractivity contribution in [1.82, 2.24) is 10.2 Å². The molecule has 6 nitrogen and oxygen atoms in total. The van der Waals surface area contributed by atoms with E-state index in [4.69, 9.17) is 16.3 Å². The van der Waals surface area contributed by atoms with Crippen LogP contribution in [-0.2, 0) is 25.7 Å². The molecule has 130 valence electrons. The van der Waals surface area contributed by atoms with Crippen molar-refractivity contribution >= 4 is 29.4 Å². The summed E-state index contributed by atoms with van der Waals surface area (Å²) in [7, 11) is 0. The number of rotatable bonds is 4. The highest BCUT2D eigenvalue weighted by molar-refractivity contribution is 6.35. The molecule has 1 heterocycles. The lowest BCUT2D eigenvalue weighted by molar-refractivity contribution is -0.154. The topological polar surface area (TPSA) is 75.7 Å². The molecule has 1 aliphatic heterocycles. The minimum atomic E-state index is -0.672. The molecule has 1 N–H and O–H groups in total. The smallest absolute Gasteiger partial charge is 0.311 e. The van der Waals surface area contributed by atoms with Gasteiger partial charge in [0.1, 0.15) is 0 Å². The van der Waals surface area contributed by atoms with Crippen LogP contribution in [0.15, 0.2) is 24.3 Å². The van der Waals surface area contributed by atoms with E-state index >= 15 is 0 Å². The Bertz CT molecular complexity index is 603. The maximum Gasteiger partial charge on any atom is 0.311 e. The van der Waals surface area contributed by atoms with Crippen LogP contribution < -0.4 is 5.32 Å². The van der Waals surface area contributed by atoms with Crippen LogP contribution in [0.4, 0.5) is 0 Å². The van der Waals surface area contributed by atoms with Crippen LogP contribution in [0.1, 0.15) is 25.3 Å². The van der Waals surface area contributed by atoms with Gasteiger partial charge in [0.2, 0.25) is 0 Å². The lowest BCUT2D eigenvalue weighted by Gasteiger charge is -2.31. The molecule has 0 spiro atoms. The third kappa shape index (κ3) is 4.96. The van der Waals surface area contributed by atoms with Gasteiger partial charge in [0, 0.05) is 24.7 Å². The van der Waals surface area contributed by atoms with Crippen molar-refractivity contribution in [2.45, 2.75) is 26.3 Å². The molecule has 0 aliphatic carbocycles. The van der Waals surface area contributed by atoms with Gasteiger partial charge in [0.15, 0.2) is 0 Å². The van der Waals surface area contributed by atoms with Crippen LogP contribution in [0.5, 0.6) is 0 Å². The zero-order chi connectivity index (χ0) is 17.5. The molecule has 1 unspecified atom stereocenters. The van der Waals surface area contributed by atoms with Crippen molar-refractivity contribution in [2.24, 2.45) is 5.92 Å². The number of likely N-dealkylation sites (tertiary alicyclic amines) is 1. The van der Waals surface area contributed by atoms with E-state index in [1.54, 1.807) is 31.2 Å². The zero-order valence-electron chi connectivity index (χ0n) is 13.6. The number of esters is 1. The Balaban J connectivity index is 1.86. The molecule has 0 saturated carbocycles. The molecule has 24 heavy (non-hydrogen) atoms. The van der Waals surface area contributed by atoms with E-state index in [9.17, 15) is 14.4 Å². The average Bonchev–Trinajstić information content (AvgIpc) is 2.60. The molecule has 1 aromatic carbocycles. The normalized spacial score (nSPS) is 17.2. The van der Waals surface area contributed by atoms with Gasteiger partial charge in [-0.05, 0) is 37.5 Å². The van der Waals surface area contributed by atoms with E-state index in [1.807, 2.05) is 0 Å². The van der Waals surface area contributed by atoms with E-state index in [-0.39, 0.29) is 25.0 Å². The van der Waals surface area contributed by atoms with E-state index in [1.165, 1.54) is 4.90 Å². The summed E-state index contributed by atoms with van der Waals surface area (Å²) < 4.78 is 5.00. The van der Waals surface area contributed by atoms with Gasteiger partial charge in [-0.3, -0.25) is 14.4 Å². The number of carbonyl (C=O) groups is 3. The highest BCUT2D eigenvalue weighted by atomic mass is 35.5. The van der Waals surface area contributed by atoms with E-state index in [0.29, 0.717) is 31.0 Å². The Morgan fingerprint density at radius 3 is 2.67 bits per heavy atom. The number of carbonyl (C=O) groups excluding carboxylic acids is 3. The summed E-state index contributed by atoms with van der Waals surface area (Å²) in [4.78, 5) is 37.5. The Hall–Kier alpha value is -2.08. The second kappa shape index (κ2) is 8.68. The standard InChI is InChI=1S/C17H21ClN2O4/c1-2-24-17(23)13-4-3-9-20(11-13)16(22)15(21)19-10-12-5-7-14(18)8-6-12/h5-8,13H,2-4,9-11H2,1H3,(H,19,21). The molecular formula is C17H21ClN2O4. The summed E-state index contributed by atoms with van der Waals surface area (Å²) in [6.07, 6.45) is 1.36. The van der Waals surface area contributed by atoms with Gasteiger partial charge < -0.3 is 15.0 Å². The van der Waals surface area contributed by atoms with Gasteiger partial charge >= 0.3 is 17.8 Å². The number of benzene rings is 1. The largest absolute Gasteiger partial charge is 0.466 e. The fraction of sp³-hybridized carbons (Fsp3) is 0.471. The fourth-order valence-electron chi connectivity index (χ4n) is 2.62. The van der Waals surface area contributed by atoms with E-state index < -0.39 is 11.8 Å². The summed E-state index contributed by atoms with van der Waals surface area (Å²) >= 11 is 5.80. The fourth-order valence-corrected chi connectivity index (χ4v) is 2.74. The molecule has 7 heteroatoms. The Morgan fingerprint density at radius 1 is 1.29 bits per heavy atom. The van der Waals surface area contributed by atoms with Gasteiger partial charge in [-0.15, -0.1) is 0 Å². The van der Waals surface area contributed by atoms with Crippen LogP contribution >= 0.6 is 11.6 Å². The van der Waals surface area contributed by atoms with Crippen LogP contribution in [0, 0.1) is 5.92 Å². The SMILES string of the molecule is CCOC(=O)C1CCCN(C(=O)C(=O)NCc2ccc(Cl)cc2)C1. The van der Waals surface area contributed by atoms with Crippen molar-refractivity contribution < 1.29 is 19.1 Å². The second-order valence-corrected chi connectivity index (χ2v) is 6.09. The van der Waals surface area contributed by atoms with Crippen LogP contribution in [0.25, 0.3) is 0 Å². The number of hydrogen-bond donors (Lipinski definition) is 1. The third-order valence-corrected chi connectivity index (χ3v) is 4.14. The Kier molecular flexibility index (Phi) is 6.61. The van der Waals surface area contributed by atoms with E-state index in [2.05, 4.69) is 5.32 Å². The molecule has 1 aliphatic rings. The molecule has 1 atom stereocenters. The highest BCUT2D eigenvalue weighted by Gasteiger charge is 2.31. The van der Waals surface area contributed by atoms with Crippen molar-refractivity contribution in [3.63, 3.8) is 0 Å². The number of nitrogens with one attached hydrogen (secondary N) is 1. The molecule has 1 fully saturated rings. The number of nitrogens with zero attached hydrogens (tertiary/aromatic N) is 1. The molecule has 0 radical (unpaired) electrons. The lowest BCUT2D eigenvalue weighted by Crippen LogP contribution is -2.48. The van der Waals surface area contributed by atoms with Gasteiger partial charge in [0.05, 0.1) is 12.5 Å². The maximum absolute atomic E-state index is 12.2. The minimum absolute atomic E-state index is 0.228. The van der Waals surface area contributed by atoms with Crippen molar-refractivity contribution in [1.29, 1.82) is 0 Å². The Morgan fingerprint density at radius 2 is 2.00 bits per heavy atom. The Labute approximate surface area is 146 Å². The number of ether oxygens (including phenoxy) is 1. The monoisotopic (exact) mass is 352 g/mol. The number of amides is 2. The predicted octanol–water partition coefficient (Wildman–Crippen LogP) is 1.76. The summed E-state index contributed by atoms with van der Waals surface area (Å²) in [6, 6.07) is 7.01. The minimum Gasteiger partial charge on any atom is -0.466 e. The third-order valence-electron chi connectivity index (χ3n) is 3.89. The number of halogens is 1. The molecule has 0 bridgehead atoms. The molecular weight excluding hydrogens is 332 g/mol. The zero-order valence-corrected chi connectivity index (χ0v) is 14.3. The van der Waals surface area contributed by atoms with Gasteiger partial charge in [-0.1, -0.05) is 23.7 Å².